The van der Waals surface area contributed by atoms with Crippen LogP contribution in [0.2, 0.25) is 0 Å². The van der Waals surface area contributed by atoms with Crippen LogP contribution in [0, 0.1) is 5.82 Å². The normalized spacial score (nSPS) is 13.0. The van der Waals surface area contributed by atoms with Crippen LogP contribution >= 0.6 is 12.2 Å². The lowest BCUT2D eigenvalue weighted by molar-refractivity contribution is 0.584. The smallest absolute Gasteiger partial charge is 0.244 e. The van der Waals surface area contributed by atoms with Crippen molar-refractivity contribution < 1.29 is 12.8 Å². The van der Waals surface area contributed by atoms with E-state index >= 15 is 0 Å². The molecule has 0 saturated heterocycles. The lowest BCUT2D eigenvalue weighted by Gasteiger charge is -2.27. The Morgan fingerprint density at radius 3 is 2.26 bits per heavy atom. The molecule has 1 rings (SSSR count). The van der Waals surface area contributed by atoms with E-state index < -0.39 is 21.1 Å². The Morgan fingerprint density at radius 2 is 1.89 bits per heavy atom. The van der Waals surface area contributed by atoms with Crippen LogP contribution in [-0.2, 0) is 10.0 Å². The monoisotopic (exact) mass is 304 g/mol. The number of nitrogens with zero attached hydrogens (tertiary/aromatic N) is 1. The summed E-state index contributed by atoms with van der Waals surface area (Å²) in [5.41, 5.74) is 5.90. The molecule has 1 aromatic carbocycles. The van der Waals surface area contributed by atoms with Gasteiger partial charge in [0.1, 0.15) is 11.1 Å². The van der Waals surface area contributed by atoms with Crippen LogP contribution in [0.4, 0.5) is 10.1 Å². The molecule has 0 bridgehead atoms. The van der Waals surface area contributed by atoms with Crippen molar-refractivity contribution in [3.05, 3.63) is 30.1 Å². The maximum absolute atomic E-state index is 12.9. The maximum Gasteiger partial charge on any atom is 0.244 e. The number of nitrogens with two attached hydrogens (primary N) is 1. The highest BCUT2D eigenvalue weighted by atomic mass is 32.2. The molecule has 0 amide bonds. The first kappa shape index (κ1) is 15.8. The summed E-state index contributed by atoms with van der Waals surface area (Å²) in [6, 6.07) is 5.27. The molecule has 2 N–H and O–H groups in total. The Bertz CT molecular complexity index is 543. The highest BCUT2D eigenvalue weighted by molar-refractivity contribution is 7.95. The van der Waals surface area contributed by atoms with E-state index in [9.17, 15) is 12.8 Å². The van der Waals surface area contributed by atoms with Gasteiger partial charge in [-0.05, 0) is 37.6 Å². The number of anilines is 1. The van der Waals surface area contributed by atoms with Crippen molar-refractivity contribution in [2.24, 2.45) is 5.73 Å². The molecule has 0 aliphatic rings. The van der Waals surface area contributed by atoms with Gasteiger partial charge in [-0.15, -0.1) is 0 Å². The second kappa shape index (κ2) is 6.29. The first-order valence-electron chi connectivity index (χ1n) is 5.91. The minimum atomic E-state index is -3.68. The summed E-state index contributed by atoms with van der Waals surface area (Å²) in [6.45, 7) is 3.64. The molecule has 1 unspecified atom stereocenters. The third-order valence-electron chi connectivity index (χ3n) is 2.76. The van der Waals surface area contributed by atoms with Gasteiger partial charge in [0.15, 0.2) is 0 Å². The van der Waals surface area contributed by atoms with Crippen molar-refractivity contribution in [3.63, 3.8) is 0 Å². The van der Waals surface area contributed by atoms with E-state index in [4.69, 9.17) is 18.0 Å². The molecule has 0 heterocycles. The van der Waals surface area contributed by atoms with E-state index in [1.807, 2.05) is 0 Å². The van der Waals surface area contributed by atoms with E-state index in [1.54, 1.807) is 13.8 Å². The van der Waals surface area contributed by atoms with Crippen LogP contribution in [0.15, 0.2) is 24.3 Å². The van der Waals surface area contributed by atoms with Gasteiger partial charge in [-0.25, -0.2) is 12.8 Å². The van der Waals surface area contributed by atoms with Gasteiger partial charge in [0, 0.05) is 6.54 Å². The van der Waals surface area contributed by atoms with Gasteiger partial charge >= 0.3 is 0 Å². The van der Waals surface area contributed by atoms with Crippen molar-refractivity contribution in [1.29, 1.82) is 0 Å². The van der Waals surface area contributed by atoms with Crippen LogP contribution in [0.3, 0.4) is 0 Å². The third kappa shape index (κ3) is 3.42. The number of halogens is 1. The molecule has 106 valence electrons. The summed E-state index contributed by atoms with van der Waals surface area (Å²) in [4.78, 5) is -0.0527. The zero-order chi connectivity index (χ0) is 14.6. The van der Waals surface area contributed by atoms with Crippen molar-refractivity contribution in [3.8, 4) is 0 Å². The molecule has 0 aliphatic heterocycles. The molecule has 0 radical (unpaired) electrons. The standard InChI is InChI=1S/C12H17FN2O2S2/c1-3-11(12(14)18)19(16,17)15(4-2)10-7-5-9(13)6-8-10/h5-8,11H,3-4H2,1-2H3,(H2,14,18). The zero-order valence-corrected chi connectivity index (χ0v) is 12.5. The summed E-state index contributed by atoms with van der Waals surface area (Å²) >= 11 is 4.81. The van der Waals surface area contributed by atoms with E-state index in [2.05, 4.69) is 0 Å². The Balaban J connectivity index is 3.22. The molecule has 0 saturated carbocycles. The number of thiocarbonyl (C=S) groups is 1. The Labute approximate surface area is 118 Å². The van der Waals surface area contributed by atoms with Gasteiger partial charge in [0.2, 0.25) is 10.0 Å². The molecule has 4 nitrogen and oxygen atoms in total. The molecule has 7 heteroatoms. The summed E-state index contributed by atoms with van der Waals surface area (Å²) < 4.78 is 39.1. The molecule has 1 aromatic rings. The molecule has 0 aromatic heterocycles. The summed E-state index contributed by atoms with van der Waals surface area (Å²) in [7, 11) is -3.68. The topological polar surface area (TPSA) is 63.4 Å². The molecule has 19 heavy (non-hydrogen) atoms. The number of benzene rings is 1. The fraction of sp³-hybridized carbons (Fsp3) is 0.417. The van der Waals surface area contributed by atoms with Crippen molar-refractivity contribution in [2.75, 3.05) is 10.8 Å². The number of rotatable bonds is 6. The summed E-state index contributed by atoms with van der Waals surface area (Å²) in [5.74, 6) is -0.418. The van der Waals surface area contributed by atoms with Gasteiger partial charge in [-0.1, -0.05) is 19.1 Å². The first-order valence-corrected chi connectivity index (χ1v) is 7.82. The molecule has 1 atom stereocenters. The highest BCUT2D eigenvalue weighted by Gasteiger charge is 2.32. The number of hydrogen-bond acceptors (Lipinski definition) is 3. The quantitative estimate of drug-likeness (QED) is 0.817. The van der Waals surface area contributed by atoms with E-state index in [0.717, 1.165) is 0 Å². The molecule has 0 spiro atoms. The lowest BCUT2D eigenvalue weighted by Crippen LogP contribution is -2.44. The summed E-state index contributed by atoms with van der Waals surface area (Å²) in [6.07, 6.45) is 0.301. The Kier molecular flexibility index (Phi) is 5.25. The minimum Gasteiger partial charge on any atom is -0.392 e. The number of hydrogen-bond donors (Lipinski definition) is 1. The van der Waals surface area contributed by atoms with Crippen LogP contribution in [0.25, 0.3) is 0 Å². The molecule has 0 aliphatic carbocycles. The van der Waals surface area contributed by atoms with Gasteiger partial charge in [-0.3, -0.25) is 4.31 Å². The largest absolute Gasteiger partial charge is 0.392 e. The van der Waals surface area contributed by atoms with Crippen LogP contribution in [0.1, 0.15) is 20.3 Å². The summed E-state index contributed by atoms with van der Waals surface area (Å²) in [5, 5.41) is -0.910. The third-order valence-corrected chi connectivity index (χ3v) is 5.58. The number of sulfonamides is 1. The SMILES string of the molecule is CCC(C(N)=S)S(=O)(=O)N(CC)c1ccc(F)cc1. The van der Waals surface area contributed by atoms with Gasteiger partial charge < -0.3 is 5.73 Å². The molecular formula is C12H17FN2O2S2. The van der Waals surface area contributed by atoms with Crippen molar-refractivity contribution >= 4 is 32.9 Å². The van der Waals surface area contributed by atoms with E-state index in [0.29, 0.717) is 12.1 Å². The predicted molar refractivity (Wildman–Crippen MR) is 79.2 cm³/mol. The first-order chi connectivity index (χ1) is 8.84. The maximum atomic E-state index is 12.9. The molecular weight excluding hydrogens is 287 g/mol. The average molecular weight is 304 g/mol. The zero-order valence-electron chi connectivity index (χ0n) is 10.8. The van der Waals surface area contributed by atoms with Gasteiger partial charge in [0.25, 0.3) is 0 Å². The van der Waals surface area contributed by atoms with Crippen molar-refractivity contribution in [1.82, 2.24) is 0 Å². The molecule has 0 fully saturated rings. The van der Waals surface area contributed by atoms with Gasteiger partial charge in [0.05, 0.1) is 10.7 Å². The predicted octanol–water partition coefficient (Wildman–Crippen LogP) is 2.05. The second-order valence-corrected chi connectivity index (χ2v) is 6.50. The minimum absolute atomic E-state index is 0.0527. The average Bonchev–Trinajstić information content (AvgIpc) is 2.32. The Morgan fingerprint density at radius 1 is 1.37 bits per heavy atom. The van der Waals surface area contributed by atoms with E-state index in [1.165, 1.54) is 28.6 Å². The van der Waals surface area contributed by atoms with Crippen LogP contribution in [0.5, 0.6) is 0 Å². The fourth-order valence-corrected chi connectivity index (χ4v) is 4.16. The van der Waals surface area contributed by atoms with Crippen LogP contribution < -0.4 is 10.0 Å². The van der Waals surface area contributed by atoms with Crippen molar-refractivity contribution in [2.45, 2.75) is 25.5 Å². The van der Waals surface area contributed by atoms with E-state index in [-0.39, 0.29) is 11.5 Å². The van der Waals surface area contributed by atoms with Gasteiger partial charge in [-0.2, -0.15) is 0 Å². The van der Waals surface area contributed by atoms with Crippen LogP contribution in [-0.4, -0.2) is 25.2 Å². The highest BCUT2D eigenvalue weighted by Crippen LogP contribution is 2.22. The lowest BCUT2D eigenvalue weighted by atomic mass is 10.3. The second-order valence-electron chi connectivity index (χ2n) is 3.99. The Hall–Kier alpha value is -1.21. The fourth-order valence-electron chi connectivity index (χ4n) is 1.83.